The molecule has 0 radical (unpaired) electrons. The first kappa shape index (κ1) is 9.36. The molecular formula is C8H5ClFN3S. The average molecular weight is 230 g/mol. The number of nitrogen functional groups attached to an aromatic ring is 1. The summed E-state index contributed by atoms with van der Waals surface area (Å²) in [4.78, 5) is 3.92. The molecule has 0 aliphatic heterocycles. The fraction of sp³-hybridized carbons (Fsp3) is 0. The molecule has 0 amide bonds. The molecule has 0 atom stereocenters. The molecule has 0 aliphatic carbocycles. The third-order valence-corrected chi connectivity index (χ3v) is 2.32. The van der Waals surface area contributed by atoms with E-state index in [1.165, 1.54) is 12.1 Å². The van der Waals surface area contributed by atoms with E-state index in [0.29, 0.717) is 21.5 Å². The fourth-order valence-corrected chi connectivity index (χ4v) is 1.71. The van der Waals surface area contributed by atoms with Crippen molar-refractivity contribution < 1.29 is 4.39 Å². The van der Waals surface area contributed by atoms with Gasteiger partial charge in [0, 0.05) is 22.1 Å². The summed E-state index contributed by atoms with van der Waals surface area (Å²) in [6.45, 7) is 0. The van der Waals surface area contributed by atoms with E-state index in [1.807, 2.05) is 0 Å². The molecule has 2 rings (SSSR count). The van der Waals surface area contributed by atoms with Crippen molar-refractivity contribution in [3.8, 4) is 11.4 Å². The summed E-state index contributed by atoms with van der Waals surface area (Å²) in [6, 6.07) is 4.13. The lowest BCUT2D eigenvalue weighted by molar-refractivity contribution is 0.628. The fourth-order valence-electron chi connectivity index (χ4n) is 1.04. The Labute approximate surface area is 88.5 Å². The molecule has 0 saturated carbocycles. The lowest BCUT2D eigenvalue weighted by atomic mass is 10.2. The summed E-state index contributed by atoms with van der Waals surface area (Å²) in [5.74, 6) is -0.0187. The van der Waals surface area contributed by atoms with Gasteiger partial charge in [0.25, 0.3) is 0 Å². The summed E-state index contributed by atoms with van der Waals surface area (Å²) >= 11 is 6.75. The molecule has 0 saturated heterocycles. The molecule has 0 spiro atoms. The molecule has 0 bridgehead atoms. The lowest BCUT2D eigenvalue weighted by Gasteiger charge is -1.96. The van der Waals surface area contributed by atoms with Gasteiger partial charge in [-0.1, -0.05) is 11.6 Å². The molecule has 14 heavy (non-hydrogen) atoms. The van der Waals surface area contributed by atoms with Crippen molar-refractivity contribution in [2.24, 2.45) is 0 Å². The van der Waals surface area contributed by atoms with E-state index >= 15 is 0 Å². The summed E-state index contributed by atoms with van der Waals surface area (Å²) in [5.41, 5.74) is 5.94. The van der Waals surface area contributed by atoms with Crippen LogP contribution in [-0.4, -0.2) is 9.36 Å². The number of nitrogens with zero attached hydrogens (tertiary/aromatic N) is 2. The average Bonchev–Trinajstić information content (AvgIpc) is 2.50. The molecule has 0 fully saturated rings. The molecule has 1 heterocycles. The summed E-state index contributed by atoms with van der Waals surface area (Å²) in [6.07, 6.45) is 0. The number of aromatic nitrogens is 2. The minimum absolute atomic E-state index is 0.313. The summed E-state index contributed by atoms with van der Waals surface area (Å²) in [7, 11) is 0. The second kappa shape index (κ2) is 3.51. The van der Waals surface area contributed by atoms with Crippen molar-refractivity contribution in [1.29, 1.82) is 0 Å². The highest BCUT2D eigenvalue weighted by Crippen LogP contribution is 2.23. The normalized spacial score (nSPS) is 10.4. The van der Waals surface area contributed by atoms with Gasteiger partial charge in [-0.05, 0) is 18.2 Å². The van der Waals surface area contributed by atoms with Crippen LogP contribution in [0, 0.1) is 5.82 Å². The van der Waals surface area contributed by atoms with Crippen LogP contribution in [0.3, 0.4) is 0 Å². The van der Waals surface area contributed by atoms with Gasteiger partial charge in [0.2, 0.25) is 0 Å². The van der Waals surface area contributed by atoms with Crippen molar-refractivity contribution in [1.82, 2.24) is 9.36 Å². The van der Waals surface area contributed by atoms with Gasteiger partial charge in [-0.2, -0.15) is 9.36 Å². The maximum atomic E-state index is 13.0. The van der Waals surface area contributed by atoms with Crippen LogP contribution in [0.25, 0.3) is 11.4 Å². The monoisotopic (exact) mass is 229 g/mol. The van der Waals surface area contributed by atoms with E-state index in [1.54, 1.807) is 6.07 Å². The Balaban J connectivity index is 2.51. The van der Waals surface area contributed by atoms with Crippen LogP contribution in [0.2, 0.25) is 5.02 Å². The third kappa shape index (κ3) is 1.83. The first-order valence-electron chi connectivity index (χ1n) is 3.71. The van der Waals surface area contributed by atoms with E-state index in [0.717, 1.165) is 11.5 Å². The quantitative estimate of drug-likeness (QED) is 0.818. The minimum Gasteiger partial charge on any atom is -0.374 e. The Morgan fingerprint density at radius 3 is 2.71 bits per heavy atom. The number of nitrogens with two attached hydrogens (primary N) is 1. The second-order valence-corrected chi connectivity index (χ2v) is 3.83. The molecule has 0 aliphatic rings. The number of rotatable bonds is 1. The zero-order valence-corrected chi connectivity index (χ0v) is 8.44. The van der Waals surface area contributed by atoms with Gasteiger partial charge >= 0.3 is 0 Å². The van der Waals surface area contributed by atoms with E-state index in [-0.39, 0.29) is 0 Å². The van der Waals surface area contributed by atoms with Crippen LogP contribution >= 0.6 is 23.1 Å². The van der Waals surface area contributed by atoms with Gasteiger partial charge in [0.05, 0.1) is 0 Å². The summed E-state index contributed by atoms with van der Waals surface area (Å²) in [5, 5.41) is 0.661. The van der Waals surface area contributed by atoms with Crippen LogP contribution in [0.15, 0.2) is 18.2 Å². The number of hydrogen-bond acceptors (Lipinski definition) is 4. The number of hydrogen-bond donors (Lipinski definition) is 1. The smallest absolute Gasteiger partial charge is 0.200 e. The van der Waals surface area contributed by atoms with Gasteiger partial charge in [-0.3, -0.25) is 0 Å². The van der Waals surface area contributed by atoms with Crippen LogP contribution in [0.5, 0.6) is 0 Å². The maximum absolute atomic E-state index is 13.0. The highest BCUT2D eigenvalue weighted by Gasteiger charge is 2.06. The van der Waals surface area contributed by atoms with E-state index in [4.69, 9.17) is 17.3 Å². The molecule has 6 heteroatoms. The van der Waals surface area contributed by atoms with Crippen molar-refractivity contribution in [3.05, 3.63) is 29.0 Å². The Hall–Kier alpha value is -1.20. The van der Waals surface area contributed by atoms with Gasteiger partial charge in [0.15, 0.2) is 11.0 Å². The molecule has 2 N–H and O–H groups in total. The molecule has 72 valence electrons. The van der Waals surface area contributed by atoms with Crippen molar-refractivity contribution >= 4 is 28.3 Å². The second-order valence-electron chi connectivity index (χ2n) is 2.61. The molecule has 0 unspecified atom stereocenters. The topological polar surface area (TPSA) is 51.8 Å². The number of anilines is 1. The molecule has 2 aromatic rings. The van der Waals surface area contributed by atoms with Crippen LogP contribution in [-0.2, 0) is 0 Å². The molecule has 3 nitrogen and oxygen atoms in total. The van der Waals surface area contributed by atoms with Crippen molar-refractivity contribution in [2.45, 2.75) is 0 Å². The Morgan fingerprint density at radius 2 is 2.14 bits per heavy atom. The highest BCUT2D eigenvalue weighted by atomic mass is 35.5. The van der Waals surface area contributed by atoms with Gasteiger partial charge in [0.1, 0.15) is 5.82 Å². The Morgan fingerprint density at radius 1 is 1.36 bits per heavy atom. The Bertz CT molecular complexity index is 451. The zero-order valence-electron chi connectivity index (χ0n) is 6.87. The third-order valence-electron chi connectivity index (χ3n) is 1.56. The van der Waals surface area contributed by atoms with Crippen molar-refractivity contribution in [2.75, 3.05) is 5.73 Å². The van der Waals surface area contributed by atoms with Crippen LogP contribution in [0.1, 0.15) is 0 Å². The molecular weight excluding hydrogens is 225 g/mol. The lowest BCUT2D eigenvalue weighted by Crippen LogP contribution is -1.85. The van der Waals surface area contributed by atoms with Crippen LogP contribution < -0.4 is 5.73 Å². The predicted molar refractivity (Wildman–Crippen MR) is 54.7 cm³/mol. The number of halogens is 2. The molecule has 1 aromatic carbocycles. The maximum Gasteiger partial charge on any atom is 0.200 e. The minimum atomic E-state index is -0.416. The van der Waals surface area contributed by atoms with E-state index in [2.05, 4.69) is 9.36 Å². The first-order valence-corrected chi connectivity index (χ1v) is 4.86. The Kier molecular flexibility index (Phi) is 2.35. The van der Waals surface area contributed by atoms with Crippen molar-refractivity contribution in [3.63, 3.8) is 0 Å². The predicted octanol–water partition coefficient (Wildman–Crippen LogP) is 2.58. The molecule has 1 aromatic heterocycles. The zero-order chi connectivity index (χ0) is 10.1. The van der Waals surface area contributed by atoms with E-state index in [9.17, 15) is 4.39 Å². The van der Waals surface area contributed by atoms with Crippen LogP contribution in [0.4, 0.5) is 9.52 Å². The standard InChI is InChI=1S/C8H5ClFN3S/c9-5-1-4(2-6(10)3-5)7-12-8(11)14-13-7/h1-3H,(H2,11,12,13). The van der Waals surface area contributed by atoms with Gasteiger partial charge in [-0.25, -0.2) is 4.39 Å². The largest absolute Gasteiger partial charge is 0.374 e. The number of benzene rings is 1. The van der Waals surface area contributed by atoms with E-state index < -0.39 is 5.82 Å². The highest BCUT2D eigenvalue weighted by molar-refractivity contribution is 7.09. The van der Waals surface area contributed by atoms with Gasteiger partial charge in [-0.15, -0.1) is 0 Å². The SMILES string of the molecule is Nc1nc(-c2cc(F)cc(Cl)c2)ns1. The first-order chi connectivity index (χ1) is 6.65. The summed E-state index contributed by atoms with van der Waals surface area (Å²) < 4.78 is 16.9. The van der Waals surface area contributed by atoms with Gasteiger partial charge < -0.3 is 5.73 Å².